The van der Waals surface area contributed by atoms with Crippen LogP contribution < -0.4 is 0 Å². The number of hydrogen-bond acceptors (Lipinski definition) is 1. The number of rotatable bonds is 3. The fraction of sp³-hybridized carbons (Fsp3) is 0.263. The molecule has 0 unspecified atom stereocenters. The molecule has 0 spiro atoms. The molecule has 0 N–H and O–H groups in total. The number of benzene rings is 2. The lowest BCUT2D eigenvalue weighted by atomic mass is 9.81. The Balaban J connectivity index is 2.17. The first kappa shape index (κ1) is 18.9. The van der Waals surface area contributed by atoms with Gasteiger partial charge in [-0.1, -0.05) is 85.7 Å². The Morgan fingerprint density at radius 2 is 1.31 bits per heavy atom. The molecule has 0 amide bonds. The Labute approximate surface area is 149 Å². The summed E-state index contributed by atoms with van der Waals surface area (Å²) in [5.41, 5.74) is -0.287. The van der Waals surface area contributed by atoms with Crippen LogP contribution in [0.3, 0.4) is 0 Å². The zero-order chi connectivity index (χ0) is 19.0. The molecule has 1 aliphatic rings. The van der Waals surface area contributed by atoms with Gasteiger partial charge in [-0.2, -0.15) is 0 Å². The van der Waals surface area contributed by atoms with E-state index in [1.54, 1.807) is 60.7 Å². The molecule has 0 bridgehead atoms. The maximum Gasteiger partial charge on any atom is 0.304 e. The van der Waals surface area contributed by atoms with Crippen molar-refractivity contribution in [2.75, 3.05) is 6.61 Å². The normalized spacial score (nSPS) is 22.3. The number of halogens is 5. The zero-order valence-electron chi connectivity index (χ0n) is 13.9. The second-order valence-electron chi connectivity index (χ2n) is 6.49. The molecule has 0 radical (unpaired) electrons. The van der Waals surface area contributed by atoms with Gasteiger partial charge in [0.25, 0.3) is 0 Å². The van der Waals surface area contributed by atoms with Crippen molar-refractivity contribution in [2.24, 2.45) is 0 Å². The standard InChI is InChI=1S/C19H19F5OS/c20-26(21,22,23,24)15-16-8-7-13-25-19(14-16,17-9-3-1-4-10-17)18-11-5-2-6-12-18/h1-6,9-12,15H,7-8,13-14H2. The molecule has 1 nitrogen and oxygen atoms in total. The molecule has 0 saturated carbocycles. The summed E-state index contributed by atoms with van der Waals surface area (Å²) in [6, 6.07) is 17.6. The fourth-order valence-electron chi connectivity index (χ4n) is 3.37. The highest BCUT2D eigenvalue weighted by atomic mass is 32.5. The van der Waals surface area contributed by atoms with Crippen LogP contribution in [0.2, 0.25) is 0 Å². The van der Waals surface area contributed by atoms with E-state index in [1.165, 1.54) is 0 Å². The monoisotopic (exact) mass is 390 g/mol. The van der Waals surface area contributed by atoms with Crippen LogP contribution >= 0.6 is 10.2 Å². The minimum atomic E-state index is -9.66. The van der Waals surface area contributed by atoms with Gasteiger partial charge in [-0.3, -0.25) is 0 Å². The molecule has 3 rings (SSSR count). The van der Waals surface area contributed by atoms with Gasteiger partial charge in [0.2, 0.25) is 0 Å². The van der Waals surface area contributed by atoms with Crippen molar-refractivity contribution in [2.45, 2.75) is 24.9 Å². The van der Waals surface area contributed by atoms with Gasteiger partial charge in [-0.15, -0.1) is 0 Å². The smallest absolute Gasteiger partial charge is 0.304 e. The summed E-state index contributed by atoms with van der Waals surface area (Å²) in [5, 5.41) is -0.727. The van der Waals surface area contributed by atoms with Crippen LogP contribution in [0.5, 0.6) is 0 Å². The Morgan fingerprint density at radius 1 is 0.808 bits per heavy atom. The summed E-state index contributed by atoms with van der Waals surface area (Å²) in [4.78, 5) is 0. The van der Waals surface area contributed by atoms with Crippen molar-refractivity contribution in [1.29, 1.82) is 0 Å². The largest absolute Gasteiger partial charge is 0.365 e. The van der Waals surface area contributed by atoms with Gasteiger partial charge in [0, 0.05) is 13.0 Å². The van der Waals surface area contributed by atoms with Crippen LogP contribution in [0.15, 0.2) is 71.6 Å². The van der Waals surface area contributed by atoms with E-state index in [0.29, 0.717) is 11.1 Å². The Kier molecular flexibility index (Phi) is 4.24. The average Bonchev–Trinajstić information content (AvgIpc) is 2.77. The van der Waals surface area contributed by atoms with Gasteiger partial charge in [0.15, 0.2) is 0 Å². The van der Waals surface area contributed by atoms with Gasteiger partial charge in [-0.05, 0) is 24.0 Å². The third kappa shape index (κ3) is 4.65. The molecular formula is C19H19F5OS. The van der Waals surface area contributed by atoms with Gasteiger partial charge in [0.1, 0.15) is 5.60 Å². The van der Waals surface area contributed by atoms with E-state index >= 15 is 0 Å². The molecule has 142 valence electrons. The second-order valence-corrected chi connectivity index (χ2v) is 8.79. The highest BCUT2D eigenvalue weighted by Gasteiger charge is 2.61. The SMILES string of the molecule is FS(F)(F)(F)(F)C=C1CCCOC(c2ccccc2)(c2ccccc2)C1. The Bertz CT molecular complexity index is 761. The predicted octanol–water partition coefficient (Wildman–Crippen LogP) is 7.31. The maximum absolute atomic E-state index is 13.1. The topological polar surface area (TPSA) is 9.23 Å². The summed E-state index contributed by atoms with van der Waals surface area (Å²) in [6.45, 7) is 0.182. The van der Waals surface area contributed by atoms with E-state index in [1.807, 2.05) is 0 Å². The highest BCUT2D eigenvalue weighted by molar-refractivity contribution is 8.48. The van der Waals surface area contributed by atoms with Gasteiger partial charge in [-0.25, -0.2) is 0 Å². The van der Waals surface area contributed by atoms with E-state index in [4.69, 9.17) is 4.74 Å². The summed E-state index contributed by atoms with van der Waals surface area (Å²) in [6.07, 6.45) is -0.0965. The molecule has 0 aliphatic carbocycles. The van der Waals surface area contributed by atoms with E-state index in [2.05, 4.69) is 0 Å². The lowest BCUT2D eigenvalue weighted by Crippen LogP contribution is -2.31. The molecule has 0 atom stereocenters. The van der Waals surface area contributed by atoms with Crippen molar-refractivity contribution >= 4 is 10.2 Å². The van der Waals surface area contributed by atoms with Crippen LogP contribution in [0.25, 0.3) is 0 Å². The van der Waals surface area contributed by atoms with Crippen LogP contribution in [0, 0.1) is 0 Å². The minimum Gasteiger partial charge on any atom is -0.365 e. The van der Waals surface area contributed by atoms with Crippen molar-refractivity contribution < 1.29 is 24.2 Å². The molecule has 1 saturated heterocycles. The molecule has 2 aromatic rings. The molecule has 1 aliphatic heterocycles. The van der Waals surface area contributed by atoms with Crippen LogP contribution in [-0.4, -0.2) is 6.61 Å². The van der Waals surface area contributed by atoms with E-state index in [0.717, 1.165) is 0 Å². The predicted molar refractivity (Wildman–Crippen MR) is 94.7 cm³/mol. The Hall–Kier alpha value is -1.86. The van der Waals surface area contributed by atoms with E-state index < -0.39 is 21.2 Å². The van der Waals surface area contributed by atoms with Gasteiger partial charge < -0.3 is 4.74 Å². The van der Waals surface area contributed by atoms with E-state index in [-0.39, 0.29) is 31.4 Å². The molecular weight excluding hydrogens is 371 g/mol. The van der Waals surface area contributed by atoms with Crippen LogP contribution in [0.1, 0.15) is 30.4 Å². The first-order valence-corrected chi connectivity index (χ1v) is 10.2. The molecule has 2 aromatic carbocycles. The third-order valence-electron chi connectivity index (χ3n) is 4.34. The maximum atomic E-state index is 13.1. The molecule has 26 heavy (non-hydrogen) atoms. The third-order valence-corrected chi connectivity index (χ3v) is 5.12. The van der Waals surface area contributed by atoms with Crippen molar-refractivity contribution in [3.63, 3.8) is 0 Å². The highest BCUT2D eigenvalue weighted by Crippen LogP contribution is 2.99. The molecule has 0 aromatic heterocycles. The van der Waals surface area contributed by atoms with Crippen molar-refractivity contribution in [1.82, 2.24) is 0 Å². The fourth-order valence-corrected chi connectivity index (χ4v) is 4.20. The van der Waals surface area contributed by atoms with Crippen LogP contribution in [-0.2, 0) is 10.3 Å². The zero-order valence-corrected chi connectivity index (χ0v) is 14.7. The summed E-state index contributed by atoms with van der Waals surface area (Å²) in [5.74, 6) is 0. The first-order chi connectivity index (χ1) is 12.0. The lowest BCUT2D eigenvalue weighted by Gasteiger charge is -2.39. The minimum absolute atomic E-state index is 0.0764. The molecule has 1 fully saturated rings. The van der Waals surface area contributed by atoms with Gasteiger partial charge in [0.05, 0.1) is 5.41 Å². The second kappa shape index (κ2) is 5.82. The quantitative estimate of drug-likeness (QED) is 0.499. The van der Waals surface area contributed by atoms with Crippen molar-refractivity contribution in [3.8, 4) is 0 Å². The molecule has 7 heteroatoms. The van der Waals surface area contributed by atoms with Gasteiger partial charge >= 0.3 is 10.2 Å². The van der Waals surface area contributed by atoms with Crippen molar-refractivity contribution in [3.05, 3.63) is 82.8 Å². The van der Waals surface area contributed by atoms with E-state index in [9.17, 15) is 19.4 Å². The first-order valence-electron chi connectivity index (χ1n) is 8.17. The number of ether oxygens (including phenoxy) is 1. The summed E-state index contributed by atoms with van der Waals surface area (Å²) in [7, 11) is -9.66. The Morgan fingerprint density at radius 3 is 1.77 bits per heavy atom. The lowest BCUT2D eigenvalue weighted by molar-refractivity contribution is -0.0108. The van der Waals surface area contributed by atoms with Crippen LogP contribution in [0.4, 0.5) is 19.4 Å². The summed E-state index contributed by atoms with van der Waals surface area (Å²) < 4.78 is 71.4. The molecule has 1 heterocycles. The number of hydrogen-bond donors (Lipinski definition) is 0. The summed E-state index contributed by atoms with van der Waals surface area (Å²) >= 11 is 0. The average molecular weight is 390 g/mol.